The first-order valence-electron chi connectivity index (χ1n) is 21.6. The number of benzene rings is 4. The van der Waals surface area contributed by atoms with Gasteiger partial charge in [0.25, 0.3) is 5.91 Å². The number of anilines is 1. The van der Waals surface area contributed by atoms with Crippen LogP contribution in [0, 0.1) is 0 Å². The minimum Gasteiger partial charge on any atom is -0.492 e. The van der Waals surface area contributed by atoms with Crippen LogP contribution in [0.3, 0.4) is 0 Å². The van der Waals surface area contributed by atoms with Crippen LogP contribution < -0.4 is 15.4 Å². The molecule has 0 radical (unpaired) electrons. The molecule has 1 atom stereocenters. The van der Waals surface area contributed by atoms with E-state index in [2.05, 4.69) is 76.2 Å². The number of halogens is 1. The molecule has 0 bridgehead atoms. The average molecular weight is 876 g/mol. The minimum atomic E-state index is -0.731. The van der Waals surface area contributed by atoms with Gasteiger partial charge in [-0.25, -0.2) is 0 Å². The van der Waals surface area contributed by atoms with Crippen molar-refractivity contribution in [3.63, 3.8) is 0 Å². The highest BCUT2D eigenvalue weighted by atomic mass is 35.5. The Labute approximate surface area is 373 Å². The Balaban J connectivity index is 0.755. The largest absolute Gasteiger partial charge is 0.492 e. The van der Waals surface area contributed by atoms with Gasteiger partial charge in [-0.3, -0.25) is 34.2 Å². The van der Waals surface area contributed by atoms with E-state index in [4.69, 9.17) is 25.8 Å². The van der Waals surface area contributed by atoms with Crippen LogP contribution in [-0.4, -0.2) is 122 Å². The number of amides is 5. The molecule has 2 saturated heterocycles. The number of imide groups is 1. The Bertz CT molecular complexity index is 2250. The molecule has 2 fully saturated rings. The molecule has 0 spiro atoms. The molecule has 1 unspecified atom stereocenters. The Morgan fingerprint density at radius 3 is 2.06 bits per heavy atom. The van der Waals surface area contributed by atoms with E-state index in [1.54, 1.807) is 18.2 Å². The van der Waals surface area contributed by atoms with Crippen LogP contribution in [0.25, 0.3) is 11.1 Å². The molecule has 3 heterocycles. The number of ether oxygens (including phenoxy) is 3. The van der Waals surface area contributed by atoms with Crippen molar-refractivity contribution in [1.29, 1.82) is 0 Å². The molecule has 0 aliphatic carbocycles. The second-order valence-corrected chi connectivity index (χ2v) is 16.0. The molecule has 0 saturated carbocycles. The molecule has 3 aliphatic heterocycles. The summed E-state index contributed by atoms with van der Waals surface area (Å²) >= 11 is 6.32. The van der Waals surface area contributed by atoms with Crippen molar-refractivity contribution in [1.82, 2.24) is 20.0 Å². The molecule has 4 aromatic carbocycles. The number of piperidine rings is 1. The molecule has 2 N–H and O–H groups in total. The summed E-state index contributed by atoms with van der Waals surface area (Å²) in [6, 6.07) is 33.4. The van der Waals surface area contributed by atoms with E-state index >= 15 is 0 Å². The first-order valence-corrected chi connectivity index (χ1v) is 22.2. The molecule has 3 aliphatic rings. The van der Waals surface area contributed by atoms with Gasteiger partial charge in [0.15, 0.2) is 0 Å². The second-order valence-electron chi connectivity index (χ2n) is 15.6. The van der Waals surface area contributed by atoms with E-state index in [0.29, 0.717) is 49.0 Å². The number of allylic oxidation sites excluding steroid dienone is 1. The lowest BCUT2D eigenvalue weighted by Gasteiger charge is -2.34. The van der Waals surface area contributed by atoms with E-state index in [-0.39, 0.29) is 75.7 Å². The molecular weight excluding hydrogens is 822 g/mol. The van der Waals surface area contributed by atoms with Crippen LogP contribution in [0.1, 0.15) is 64.7 Å². The molecule has 13 nitrogen and oxygen atoms in total. The van der Waals surface area contributed by atoms with Gasteiger partial charge >= 0.3 is 0 Å². The van der Waals surface area contributed by atoms with Gasteiger partial charge in [-0.1, -0.05) is 78.9 Å². The summed E-state index contributed by atoms with van der Waals surface area (Å²) in [4.78, 5) is 68.2. The number of nitrogens with one attached hydrogen (secondary N) is 2. The molecule has 0 aromatic heterocycles. The second kappa shape index (κ2) is 22.5. The lowest BCUT2D eigenvalue weighted by Crippen LogP contribution is -2.52. The number of fused-ring (bicyclic) bond motifs is 1. The van der Waals surface area contributed by atoms with Gasteiger partial charge in [0.05, 0.1) is 39.3 Å². The minimum absolute atomic E-state index is 0.0586. The summed E-state index contributed by atoms with van der Waals surface area (Å²) in [5.41, 5.74) is 7.34. The van der Waals surface area contributed by atoms with Crippen LogP contribution in [0.5, 0.6) is 5.75 Å². The standard InChI is InChI=1S/C49H54ClN5O8/c50-23-20-39(35-8-3-1-4-9-35)47(36-10-5-2-6-11-36)37-14-16-38(17-15-37)63-31-28-53-24-26-54(27-25-53)46(58)22-30-62-33-32-61-29-21-45(57)51-42-13-7-12-40-41(42)34-55(49(40)60)43-18-19-44(56)52-48(43)59/h1-17,43H,18-34H2,(H,51,57)(H,52,56,59)/b47-39-. The highest BCUT2D eigenvalue weighted by molar-refractivity contribution is 6.18. The van der Waals surface area contributed by atoms with Crippen LogP contribution in [0.2, 0.25) is 0 Å². The maximum atomic E-state index is 13.1. The smallest absolute Gasteiger partial charge is 0.255 e. The molecule has 14 heteroatoms. The molecule has 5 amide bonds. The Kier molecular flexibility index (Phi) is 16.1. The summed E-state index contributed by atoms with van der Waals surface area (Å²) in [6.45, 7) is 5.35. The quantitative estimate of drug-likeness (QED) is 0.0472. The van der Waals surface area contributed by atoms with E-state index in [0.717, 1.165) is 54.1 Å². The number of rotatable bonds is 20. The molecule has 4 aromatic rings. The van der Waals surface area contributed by atoms with Gasteiger partial charge in [0, 0.05) is 68.4 Å². The number of carbonyl (C=O) groups excluding carboxylic acids is 5. The van der Waals surface area contributed by atoms with Gasteiger partial charge in [-0.05, 0) is 64.9 Å². The highest BCUT2D eigenvalue weighted by Crippen LogP contribution is 2.36. The van der Waals surface area contributed by atoms with Gasteiger partial charge in [-0.15, -0.1) is 11.6 Å². The van der Waals surface area contributed by atoms with Crippen LogP contribution >= 0.6 is 11.6 Å². The molecule has 330 valence electrons. The summed E-state index contributed by atoms with van der Waals surface area (Å²) in [7, 11) is 0. The normalized spacial score (nSPS) is 17.0. The van der Waals surface area contributed by atoms with Crippen LogP contribution in [0.15, 0.2) is 103 Å². The summed E-state index contributed by atoms with van der Waals surface area (Å²) < 4.78 is 17.4. The third kappa shape index (κ3) is 12.0. The molecular formula is C49H54ClN5O8. The fraction of sp³-hybridized carbons (Fsp3) is 0.367. The van der Waals surface area contributed by atoms with E-state index in [9.17, 15) is 24.0 Å². The Morgan fingerprint density at radius 2 is 1.38 bits per heavy atom. The van der Waals surface area contributed by atoms with Crippen molar-refractivity contribution in [3.05, 3.63) is 131 Å². The maximum absolute atomic E-state index is 13.1. The zero-order chi connectivity index (χ0) is 44.0. The number of hydrogen-bond acceptors (Lipinski definition) is 9. The van der Waals surface area contributed by atoms with E-state index in [1.165, 1.54) is 10.5 Å². The van der Waals surface area contributed by atoms with Gasteiger partial charge in [0.2, 0.25) is 23.6 Å². The SMILES string of the molecule is O=C1CCC(N2Cc3c(NC(=O)CCOCCOCCC(=O)N4CCN(CCOc5ccc(/C(=C(/CCCl)c6ccccc6)c6ccccc6)cc5)CC4)cccc3C2=O)C(=O)N1. The first kappa shape index (κ1) is 45.2. The van der Waals surface area contributed by atoms with Crippen molar-refractivity contribution < 1.29 is 38.2 Å². The number of nitrogens with zero attached hydrogens (tertiary/aromatic N) is 3. The van der Waals surface area contributed by atoms with Crippen molar-refractivity contribution in [2.75, 3.05) is 77.0 Å². The predicted octanol–water partition coefficient (Wildman–Crippen LogP) is 6.01. The Hall–Kier alpha value is -5.86. The zero-order valence-electron chi connectivity index (χ0n) is 35.4. The topological polar surface area (TPSA) is 147 Å². The van der Waals surface area contributed by atoms with Crippen molar-refractivity contribution in [2.24, 2.45) is 0 Å². The van der Waals surface area contributed by atoms with Gasteiger partial charge in [0.1, 0.15) is 18.4 Å². The number of hydrogen-bond donors (Lipinski definition) is 2. The van der Waals surface area contributed by atoms with E-state index in [1.807, 2.05) is 29.2 Å². The van der Waals surface area contributed by atoms with Gasteiger partial charge < -0.3 is 29.3 Å². The molecule has 7 rings (SSSR count). The van der Waals surface area contributed by atoms with Gasteiger partial charge in [-0.2, -0.15) is 0 Å². The fourth-order valence-corrected chi connectivity index (χ4v) is 8.41. The monoisotopic (exact) mass is 875 g/mol. The highest BCUT2D eigenvalue weighted by Gasteiger charge is 2.40. The van der Waals surface area contributed by atoms with Crippen molar-refractivity contribution in [2.45, 2.75) is 44.7 Å². The third-order valence-electron chi connectivity index (χ3n) is 11.5. The summed E-state index contributed by atoms with van der Waals surface area (Å²) in [6.07, 6.45) is 1.55. The molecule has 63 heavy (non-hydrogen) atoms. The third-order valence-corrected chi connectivity index (χ3v) is 11.7. The Morgan fingerprint density at radius 1 is 0.714 bits per heavy atom. The summed E-state index contributed by atoms with van der Waals surface area (Å²) in [5.74, 6) is -0.0228. The maximum Gasteiger partial charge on any atom is 0.255 e. The lowest BCUT2D eigenvalue weighted by molar-refractivity contribution is -0.137. The van der Waals surface area contributed by atoms with Crippen LogP contribution in [0.4, 0.5) is 5.69 Å². The zero-order valence-corrected chi connectivity index (χ0v) is 36.2. The fourth-order valence-electron chi connectivity index (χ4n) is 8.22. The summed E-state index contributed by atoms with van der Waals surface area (Å²) in [5, 5.41) is 5.15. The van der Waals surface area contributed by atoms with Crippen LogP contribution in [-0.2, 0) is 35.2 Å². The van der Waals surface area contributed by atoms with Crippen molar-refractivity contribution in [3.8, 4) is 5.75 Å². The number of carbonyl (C=O) groups is 5. The van der Waals surface area contributed by atoms with E-state index < -0.39 is 11.9 Å². The number of alkyl halides is 1. The van der Waals surface area contributed by atoms with Crippen molar-refractivity contribution >= 4 is 58.0 Å². The number of piperazine rings is 1. The first-order chi connectivity index (χ1) is 30.8. The predicted molar refractivity (Wildman–Crippen MR) is 241 cm³/mol. The lowest BCUT2D eigenvalue weighted by atomic mass is 9.88. The average Bonchev–Trinajstić information content (AvgIpc) is 3.64.